The number of rotatable bonds is 6. The minimum absolute atomic E-state index is 0.131. The van der Waals surface area contributed by atoms with E-state index in [2.05, 4.69) is 10.2 Å². The zero-order valence-electron chi connectivity index (χ0n) is 19.1. The number of para-hydroxylation sites is 1. The number of hydrogen-bond donors (Lipinski definition) is 2. The molecule has 1 aliphatic rings. The molecule has 0 spiro atoms. The molecule has 9 nitrogen and oxygen atoms in total. The number of ketones is 1. The fraction of sp³-hybridized carbons (Fsp3) is 0.320. The average molecular weight is 477 g/mol. The quantitative estimate of drug-likeness (QED) is 0.402. The third-order valence-corrected chi connectivity index (χ3v) is 6.79. The number of halogens is 1. The third kappa shape index (κ3) is 4.05. The van der Waals surface area contributed by atoms with Crippen molar-refractivity contribution in [3.05, 3.63) is 60.2 Å². The van der Waals surface area contributed by atoms with Gasteiger partial charge < -0.3 is 10.8 Å². The van der Waals surface area contributed by atoms with Gasteiger partial charge in [0.1, 0.15) is 5.82 Å². The van der Waals surface area contributed by atoms with Gasteiger partial charge in [-0.2, -0.15) is 14.7 Å². The summed E-state index contributed by atoms with van der Waals surface area (Å²) in [6, 6.07) is 9.69. The smallest absolute Gasteiger partial charge is 0.338 e. The Morgan fingerprint density at radius 3 is 2.49 bits per heavy atom. The van der Waals surface area contributed by atoms with Gasteiger partial charge in [-0.1, -0.05) is 18.2 Å². The molecular formula is C25H25FN6O3. The number of aliphatic carboxylic acids is 1. The first kappa shape index (κ1) is 22.7. The van der Waals surface area contributed by atoms with Crippen LogP contribution in [0.4, 0.5) is 10.2 Å². The van der Waals surface area contributed by atoms with E-state index < -0.39 is 18.1 Å². The lowest BCUT2D eigenvalue weighted by atomic mass is 9.77. The lowest BCUT2D eigenvalue weighted by Gasteiger charge is -2.29. The predicted molar refractivity (Wildman–Crippen MR) is 127 cm³/mol. The van der Waals surface area contributed by atoms with Crippen molar-refractivity contribution in [2.24, 2.45) is 5.92 Å². The Hall–Kier alpha value is -4.08. The van der Waals surface area contributed by atoms with Crippen LogP contribution in [-0.4, -0.2) is 47.4 Å². The number of carbonyl (C=O) groups excluding carboxylic acids is 1. The van der Waals surface area contributed by atoms with Gasteiger partial charge in [-0.3, -0.25) is 4.79 Å². The van der Waals surface area contributed by atoms with E-state index in [-0.39, 0.29) is 17.5 Å². The molecule has 0 bridgehead atoms. The summed E-state index contributed by atoms with van der Waals surface area (Å²) >= 11 is 0. The van der Waals surface area contributed by atoms with Gasteiger partial charge in [0.15, 0.2) is 17.6 Å². The highest BCUT2D eigenvalue weighted by Crippen LogP contribution is 2.40. The van der Waals surface area contributed by atoms with Crippen molar-refractivity contribution in [3.63, 3.8) is 0 Å². The maximum atomic E-state index is 14.0. The van der Waals surface area contributed by atoms with Crippen LogP contribution in [0.5, 0.6) is 0 Å². The van der Waals surface area contributed by atoms with Crippen LogP contribution in [0.1, 0.15) is 54.6 Å². The Morgan fingerprint density at radius 2 is 1.83 bits per heavy atom. The number of benzene rings is 1. The van der Waals surface area contributed by atoms with Crippen LogP contribution in [0.15, 0.2) is 48.9 Å². The van der Waals surface area contributed by atoms with E-state index in [1.54, 1.807) is 17.1 Å². The number of carboxylic acid groups (broad SMARTS) is 1. The first-order chi connectivity index (χ1) is 16.8. The largest absolute Gasteiger partial charge is 0.479 e. The van der Waals surface area contributed by atoms with Crippen molar-refractivity contribution in [1.29, 1.82) is 0 Å². The molecule has 3 aromatic heterocycles. The number of carboxylic acids is 1. The van der Waals surface area contributed by atoms with Crippen molar-refractivity contribution in [1.82, 2.24) is 24.4 Å². The highest BCUT2D eigenvalue weighted by atomic mass is 19.1. The Balaban J connectivity index is 1.54. The summed E-state index contributed by atoms with van der Waals surface area (Å²) < 4.78 is 17.3. The second-order valence-corrected chi connectivity index (χ2v) is 8.97. The van der Waals surface area contributed by atoms with Crippen LogP contribution < -0.4 is 5.73 Å². The summed E-state index contributed by atoms with van der Waals surface area (Å²) in [6.07, 6.45) is 5.21. The SMILES string of the molecule is CC(=O)c1c(N)n2ncc(-c3cnn(-c4ccccc4)c3)c2nc1[C@H]1CC[C@@H](C(F)C(=O)O)CC1. The summed E-state index contributed by atoms with van der Waals surface area (Å²) in [6.45, 7) is 1.44. The van der Waals surface area contributed by atoms with E-state index in [0.717, 1.165) is 16.8 Å². The summed E-state index contributed by atoms with van der Waals surface area (Å²) in [5, 5.41) is 17.9. The van der Waals surface area contributed by atoms with Gasteiger partial charge in [-0.15, -0.1) is 0 Å². The van der Waals surface area contributed by atoms with Crippen LogP contribution in [0.25, 0.3) is 22.5 Å². The number of nitrogen functional groups attached to an aromatic ring is 1. The fourth-order valence-electron chi connectivity index (χ4n) is 4.96. The number of alkyl halides is 1. The monoisotopic (exact) mass is 476 g/mol. The number of nitrogens with two attached hydrogens (primary N) is 1. The van der Waals surface area contributed by atoms with E-state index in [4.69, 9.17) is 15.8 Å². The van der Waals surface area contributed by atoms with Crippen LogP contribution in [-0.2, 0) is 4.79 Å². The molecule has 1 aromatic carbocycles. The summed E-state index contributed by atoms with van der Waals surface area (Å²) in [7, 11) is 0. The molecule has 1 saturated carbocycles. The van der Waals surface area contributed by atoms with E-state index in [1.807, 2.05) is 36.5 Å². The summed E-state index contributed by atoms with van der Waals surface area (Å²) in [4.78, 5) is 28.5. The van der Waals surface area contributed by atoms with E-state index in [1.165, 1.54) is 11.4 Å². The number of fused-ring (bicyclic) bond motifs is 1. The summed E-state index contributed by atoms with van der Waals surface area (Å²) in [5.41, 5.74) is 10.2. The van der Waals surface area contributed by atoms with Crippen molar-refractivity contribution in [2.75, 3.05) is 5.73 Å². The number of aromatic nitrogens is 5. The molecule has 3 N–H and O–H groups in total. The molecule has 1 aliphatic carbocycles. The molecule has 1 fully saturated rings. The van der Waals surface area contributed by atoms with Gasteiger partial charge in [0.05, 0.1) is 29.3 Å². The van der Waals surface area contributed by atoms with Gasteiger partial charge in [0, 0.05) is 29.2 Å². The van der Waals surface area contributed by atoms with Crippen molar-refractivity contribution in [3.8, 4) is 16.8 Å². The molecule has 0 saturated heterocycles. The number of nitrogens with zero attached hydrogens (tertiary/aromatic N) is 5. The molecule has 3 heterocycles. The van der Waals surface area contributed by atoms with Crippen molar-refractivity contribution < 1.29 is 19.1 Å². The minimum Gasteiger partial charge on any atom is -0.479 e. The lowest BCUT2D eigenvalue weighted by molar-refractivity contribution is -0.145. The molecule has 0 radical (unpaired) electrons. The number of hydrogen-bond acceptors (Lipinski definition) is 6. The Labute approximate surface area is 200 Å². The molecule has 1 unspecified atom stereocenters. The maximum absolute atomic E-state index is 14.0. The van der Waals surface area contributed by atoms with Gasteiger partial charge >= 0.3 is 5.97 Å². The van der Waals surface area contributed by atoms with Gasteiger partial charge in [0.25, 0.3) is 0 Å². The predicted octanol–water partition coefficient (Wildman–Crippen LogP) is 4.06. The van der Waals surface area contributed by atoms with Gasteiger partial charge in [0.2, 0.25) is 0 Å². The third-order valence-electron chi connectivity index (χ3n) is 6.79. The maximum Gasteiger partial charge on any atom is 0.338 e. The van der Waals surface area contributed by atoms with E-state index >= 15 is 0 Å². The van der Waals surface area contributed by atoms with Crippen LogP contribution >= 0.6 is 0 Å². The first-order valence-corrected chi connectivity index (χ1v) is 11.5. The molecule has 180 valence electrons. The number of carbonyl (C=O) groups is 2. The molecule has 5 rings (SSSR count). The normalized spacial score (nSPS) is 19.0. The van der Waals surface area contributed by atoms with Crippen LogP contribution in [0.2, 0.25) is 0 Å². The Bertz CT molecular complexity index is 1410. The van der Waals surface area contributed by atoms with Crippen LogP contribution in [0, 0.1) is 5.92 Å². The summed E-state index contributed by atoms with van der Waals surface area (Å²) in [5.74, 6) is -2.12. The van der Waals surface area contributed by atoms with Crippen molar-refractivity contribution >= 4 is 23.2 Å². The van der Waals surface area contributed by atoms with Crippen LogP contribution in [0.3, 0.4) is 0 Å². The molecule has 0 amide bonds. The minimum atomic E-state index is -1.88. The average Bonchev–Trinajstić information content (AvgIpc) is 3.51. The Morgan fingerprint density at radius 1 is 1.11 bits per heavy atom. The molecular weight excluding hydrogens is 451 g/mol. The zero-order valence-corrected chi connectivity index (χ0v) is 19.1. The highest BCUT2D eigenvalue weighted by Gasteiger charge is 2.35. The lowest BCUT2D eigenvalue weighted by Crippen LogP contribution is -2.29. The topological polar surface area (TPSA) is 128 Å². The molecule has 4 aromatic rings. The highest BCUT2D eigenvalue weighted by molar-refractivity contribution is 6.00. The molecule has 0 aliphatic heterocycles. The number of anilines is 1. The van der Waals surface area contributed by atoms with Gasteiger partial charge in [-0.05, 0) is 44.7 Å². The first-order valence-electron chi connectivity index (χ1n) is 11.5. The second kappa shape index (κ2) is 8.94. The van der Waals surface area contributed by atoms with Crippen molar-refractivity contribution in [2.45, 2.75) is 44.7 Å². The zero-order chi connectivity index (χ0) is 24.7. The standard InChI is InChI=1S/C25H25FN6O3/c1-14(33)20-22(16-9-7-15(8-10-16)21(26)25(34)35)30-24-19(12-29-32(24)23(20)27)17-11-28-31(13-17)18-5-3-2-4-6-18/h2-6,11-13,15-16,21H,7-10,27H2,1H3,(H,34,35)/t15-,16+,21?. The van der Waals surface area contributed by atoms with E-state index in [9.17, 15) is 14.0 Å². The molecule has 10 heteroatoms. The fourth-order valence-corrected chi connectivity index (χ4v) is 4.96. The molecule has 35 heavy (non-hydrogen) atoms. The Kier molecular flexibility index (Phi) is 5.80. The molecule has 1 atom stereocenters. The van der Waals surface area contributed by atoms with E-state index in [0.29, 0.717) is 42.6 Å². The van der Waals surface area contributed by atoms with Gasteiger partial charge in [-0.25, -0.2) is 18.9 Å². The number of Topliss-reactive ketones (excluding diaryl/α,β-unsaturated/α-hetero) is 1. The second-order valence-electron chi connectivity index (χ2n) is 8.97.